The molecule has 0 heterocycles. The van der Waals surface area contributed by atoms with Crippen LogP contribution in [0.1, 0.15) is 32.6 Å². The van der Waals surface area contributed by atoms with E-state index in [-0.39, 0.29) is 12.5 Å². The van der Waals surface area contributed by atoms with Gasteiger partial charge < -0.3 is 15.0 Å². The summed E-state index contributed by atoms with van der Waals surface area (Å²) in [5, 5.41) is 3.32. The maximum absolute atomic E-state index is 12.7. The molecule has 0 unspecified atom stereocenters. The second kappa shape index (κ2) is 9.94. The first-order valence-electron chi connectivity index (χ1n) is 10.2. The van der Waals surface area contributed by atoms with Gasteiger partial charge in [0.2, 0.25) is 0 Å². The quantitative estimate of drug-likeness (QED) is 0.540. The highest BCUT2D eigenvalue weighted by atomic mass is 16.5. The molecule has 0 saturated heterocycles. The van der Waals surface area contributed by atoms with Gasteiger partial charge in [-0.15, -0.1) is 0 Å². The molecule has 31 heavy (non-hydrogen) atoms. The van der Waals surface area contributed by atoms with E-state index < -0.39 is 5.97 Å². The van der Waals surface area contributed by atoms with Crippen LogP contribution < -0.4 is 5.32 Å². The third kappa shape index (κ3) is 5.51. The molecule has 0 aliphatic heterocycles. The number of hydrogen-bond acceptors (Lipinski definition) is 4. The van der Waals surface area contributed by atoms with Crippen LogP contribution in [0.5, 0.6) is 0 Å². The van der Waals surface area contributed by atoms with Gasteiger partial charge in [0.25, 0.3) is 5.91 Å². The van der Waals surface area contributed by atoms with Gasteiger partial charge in [-0.3, -0.25) is 4.79 Å². The second-order valence-corrected chi connectivity index (χ2v) is 7.67. The standard InChI is InChI=1S/C26H28N2O3/c1-18-11-9-15-23(20(18)3)27-24-14-8-7-13-22(24)26(30)31-17-25(29)28(4)16-21-12-6-5-10-19(21)2/h5-15,27H,16-17H2,1-4H3. The Morgan fingerprint density at radius 2 is 1.48 bits per heavy atom. The molecule has 0 aliphatic rings. The minimum absolute atomic E-state index is 0.253. The van der Waals surface area contributed by atoms with Gasteiger partial charge in [0.05, 0.1) is 11.3 Å². The van der Waals surface area contributed by atoms with E-state index in [1.807, 2.05) is 75.4 Å². The molecule has 1 amide bonds. The predicted molar refractivity (Wildman–Crippen MR) is 124 cm³/mol. The number of nitrogens with zero attached hydrogens (tertiary/aromatic N) is 1. The fourth-order valence-corrected chi connectivity index (χ4v) is 3.25. The molecule has 0 spiro atoms. The average Bonchev–Trinajstić information content (AvgIpc) is 2.77. The Bertz CT molecular complexity index is 1090. The smallest absolute Gasteiger partial charge is 0.340 e. The molecule has 3 aromatic carbocycles. The van der Waals surface area contributed by atoms with Crippen LogP contribution in [0, 0.1) is 20.8 Å². The SMILES string of the molecule is Cc1ccccc1CN(C)C(=O)COC(=O)c1ccccc1Nc1cccc(C)c1C. The summed E-state index contributed by atoms with van der Waals surface area (Å²) in [4.78, 5) is 26.8. The van der Waals surface area contributed by atoms with E-state index in [1.165, 1.54) is 0 Å². The van der Waals surface area contributed by atoms with Crippen molar-refractivity contribution in [2.24, 2.45) is 0 Å². The fraction of sp³-hybridized carbons (Fsp3) is 0.231. The minimum atomic E-state index is -0.536. The first-order chi connectivity index (χ1) is 14.9. The van der Waals surface area contributed by atoms with E-state index in [0.29, 0.717) is 17.8 Å². The van der Waals surface area contributed by atoms with Crippen LogP contribution in [0.25, 0.3) is 0 Å². The van der Waals surface area contributed by atoms with E-state index in [0.717, 1.165) is 27.9 Å². The first kappa shape index (κ1) is 22.1. The van der Waals surface area contributed by atoms with Crippen LogP contribution in [-0.4, -0.2) is 30.4 Å². The average molecular weight is 417 g/mol. The van der Waals surface area contributed by atoms with Crippen LogP contribution in [-0.2, 0) is 16.1 Å². The largest absolute Gasteiger partial charge is 0.452 e. The number of amides is 1. The maximum atomic E-state index is 12.7. The summed E-state index contributed by atoms with van der Waals surface area (Å²) in [5.74, 6) is -0.789. The first-order valence-corrected chi connectivity index (χ1v) is 10.2. The predicted octanol–water partition coefficient (Wildman–Crippen LogP) is 5.17. The summed E-state index contributed by atoms with van der Waals surface area (Å²) in [7, 11) is 1.71. The highest BCUT2D eigenvalue weighted by Gasteiger charge is 2.17. The van der Waals surface area contributed by atoms with Crippen LogP contribution in [0.15, 0.2) is 66.7 Å². The number of anilines is 2. The third-order valence-electron chi connectivity index (χ3n) is 5.44. The molecule has 3 aromatic rings. The van der Waals surface area contributed by atoms with E-state index >= 15 is 0 Å². The zero-order chi connectivity index (χ0) is 22.4. The van der Waals surface area contributed by atoms with E-state index in [2.05, 4.69) is 5.32 Å². The van der Waals surface area contributed by atoms with Crippen molar-refractivity contribution in [2.75, 3.05) is 19.0 Å². The Morgan fingerprint density at radius 3 is 2.26 bits per heavy atom. The number of nitrogens with one attached hydrogen (secondary N) is 1. The monoisotopic (exact) mass is 416 g/mol. The molecule has 0 fully saturated rings. The lowest BCUT2D eigenvalue weighted by Gasteiger charge is -2.19. The summed E-state index contributed by atoms with van der Waals surface area (Å²) in [5.41, 5.74) is 6.40. The van der Waals surface area contributed by atoms with Gasteiger partial charge in [-0.2, -0.15) is 0 Å². The lowest BCUT2D eigenvalue weighted by molar-refractivity contribution is -0.133. The van der Waals surface area contributed by atoms with Gasteiger partial charge in [-0.1, -0.05) is 48.5 Å². The van der Waals surface area contributed by atoms with Crippen molar-refractivity contribution in [3.63, 3.8) is 0 Å². The molecule has 0 aliphatic carbocycles. The number of rotatable bonds is 7. The number of carbonyl (C=O) groups excluding carboxylic acids is 2. The number of carbonyl (C=O) groups is 2. The third-order valence-corrected chi connectivity index (χ3v) is 5.44. The lowest BCUT2D eigenvalue weighted by Crippen LogP contribution is -2.31. The molecule has 3 rings (SSSR count). The molecule has 160 valence electrons. The summed E-state index contributed by atoms with van der Waals surface area (Å²) >= 11 is 0. The van der Waals surface area contributed by atoms with Crippen molar-refractivity contribution >= 4 is 23.3 Å². The Balaban J connectivity index is 1.65. The molecule has 1 N–H and O–H groups in total. The highest BCUT2D eigenvalue weighted by molar-refractivity contribution is 5.97. The van der Waals surface area contributed by atoms with Crippen LogP contribution in [0.2, 0.25) is 0 Å². The number of ether oxygens (including phenoxy) is 1. The zero-order valence-corrected chi connectivity index (χ0v) is 18.4. The van der Waals surface area contributed by atoms with Gasteiger partial charge in [0, 0.05) is 19.3 Å². The maximum Gasteiger partial charge on any atom is 0.340 e. The number of likely N-dealkylation sites (N-methyl/N-ethyl adjacent to an activating group) is 1. The van der Waals surface area contributed by atoms with Crippen molar-refractivity contribution in [1.82, 2.24) is 4.90 Å². The van der Waals surface area contributed by atoms with Crippen molar-refractivity contribution < 1.29 is 14.3 Å². The van der Waals surface area contributed by atoms with E-state index in [9.17, 15) is 9.59 Å². The lowest BCUT2D eigenvalue weighted by atomic mass is 10.1. The number of benzene rings is 3. The van der Waals surface area contributed by atoms with Gasteiger partial charge in [0.15, 0.2) is 6.61 Å². The molecule has 5 nitrogen and oxygen atoms in total. The Hall–Kier alpha value is -3.60. The number of hydrogen-bond donors (Lipinski definition) is 1. The van der Waals surface area contributed by atoms with Crippen molar-refractivity contribution in [3.05, 3.63) is 94.5 Å². The van der Waals surface area contributed by atoms with Crippen molar-refractivity contribution in [1.29, 1.82) is 0 Å². The molecular formula is C26H28N2O3. The van der Waals surface area contributed by atoms with Crippen LogP contribution in [0.3, 0.4) is 0 Å². The van der Waals surface area contributed by atoms with Gasteiger partial charge >= 0.3 is 5.97 Å². The van der Waals surface area contributed by atoms with Crippen LogP contribution >= 0.6 is 0 Å². The Labute approximate surface area is 183 Å². The molecule has 0 radical (unpaired) electrons. The van der Waals surface area contributed by atoms with Gasteiger partial charge in [-0.25, -0.2) is 4.79 Å². The molecule has 0 atom stereocenters. The Kier molecular flexibility index (Phi) is 7.08. The van der Waals surface area contributed by atoms with Crippen molar-refractivity contribution in [3.8, 4) is 0 Å². The fourth-order valence-electron chi connectivity index (χ4n) is 3.25. The highest BCUT2D eigenvalue weighted by Crippen LogP contribution is 2.25. The van der Waals surface area contributed by atoms with E-state index in [1.54, 1.807) is 24.1 Å². The number of para-hydroxylation sites is 1. The minimum Gasteiger partial charge on any atom is -0.452 e. The zero-order valence-electron chi connectivity index (χ0n) is 18.4. The summed E-state index contributed by atoms with van der Waals surface area (Å²) in [6.45, 7) is 6.24. The summed E-state index contributed by atoms with van der Waals surface area (Å²) < 4.78 is 5.34. The second-order valence-electron chi connectivity index (χ2n) is 7.67. The molecule has 5 heteroatoms. The normalized spacial score (nSPS) is 10.5. The van der Waals surface area contributed by atoms with Gasteiger partial charge in [0.1, 0.15) is 0 Å². The van der Waals surface area contributed by atoms with Crippen LogP contribution in [0.4, 0.5) is 11.4 Å². The number of aryl methyl sites for hydroxylation is 2. The number of esters is 1. The molecule has 0 bridgehead atoms. The Morgan fingerprint density at radius 1 is 0.839 bits per heavy atom. The van der Waals surface area contributed by atoms with E-state index in [4.69, 9.17) is 4.74 Å². The topological polar surface area (TPSA) is 58.6 Å². The molecule has 0 aromatic heterocycles. The summed E-state index contributed by atoms with van der Waals surface area (Å²) in [6.07, 6.45) is 0. The molecule has 0 saturated carbocycles. The summed E-state index contributed by atoms with van der Waals surface area (Å²) in [6, 6.07) is 21.0. The van der Waals surface area contributed by atoms with Gasteiger partial charge in [-0.05, 0) is 61.2 Å². The van der Waals surface area contributed by atoms with Crippen molar-refractivity contribution in [2.45, 2.75) is 27.3 Å². The molecular weight excluding hydrogens is 388 g/mol.